The lowest BCUT2D eigenvalue weighted by atomic mass is 10.1. The average Bonchev–Trinajstić information content (AvgIpc) is 2.31. The standard InChI is InChI=1S/C11H9ClFN3/c12-8-4-2-1-3-7(8)11-10(13)9(5-14)15-6-16-11/h1-4,6H,5,14H2. The van der Waals surface area contributed by atoms with Gasteiger partial charge in [0.15, 0.2) is 5.82 Å². The van der Waals surface area contributed by atoms with Gasteiger partial charge in [-0.3, -0.25) is 0 Å². The van der Waals surface area contributed by atoms with Crippen LogP contribution in [-0.2, 0) is 6.54 Å². The summed E-state index contributed by atoms with van der Waals surface area (Å²) in [5.74, 6) is -0.516. The second-order valence-electron chi connectivity index (χ2n) is 3.17. The molecular formula is C11H9ClFN3. The Morgan fingerprint density at radius 3 is 2.69 bits per heavy atom. The SMILES string of the molecule is NCc1ncnc(-c2ccccc2Cl)c1F. The Kier molecular flexibility index (Phi) is 3.12. The van der Waals surface area contributed by atoms with Crippen LogP contribution in [0, 0.1) is 5.82 Å². The monoisotopic (exact) mass is 237 g/mol. The van der Waals surface area contributed by atoms with Crippen molar-refractivity contribution in [1.29, 1.82) is 0 Å². The van der Waals surface area contributed by atoms with Crippen LogP contribution in [0.1, 0.15) is 5.69 Å². The van der Waals surface area contributed by atoms with Gasteiger partial charge >= 0.3 is 0 Å². The fraction of sp³-hybridized carbons (Fsp3) is 0.0909. The summed E-state index contributed by atoms with van der Waals surface area (Å²) < 4.78 is 13.9. The maximum absolute atomic E-state index is 13.9. The Labute approximate surface area is 97.1 Å². The molecule has 0 aliphatic carbocycles. The smallest absolute Gasteiger partial charge is 0.172 e. The molecule has 16 heavy (non-hydrogen) atoms. The van der Waals surface area contributed by atoms with Crippen molar-refractivity contribution in [2.45, 2.75) is 6.54 Å². The highest BCUT2D eigenvalue weighted by Gasteiger charge is 2.13. The van der Waals surface area contributed by atoms with Gasteiger partial charge in [0.25, 0.3) is 0 Å². The summed E-state index contributed by atoms with van der Waals surface area (Å²) in [5, 5.41) is 0.447. The maximum Gasteiger partial charge on any atom is 0.172 e. The molecule has 0 atom stereocenters. The summed E-state index contributed by atoms with van der Waals surface area (Å²) in [6, 6.07) is 6.92. The Bertz CT molecular complexity index is 516. The number of hydrogen-bond donors (Lipinski definition) is 1. The van der Waals surface area contributed by atoms with Crippen LogP contribution in [0.25, 0.3) is 11.3 Å². The van der Waals surface area contributed by atoms with Gasteiger partial charge in [-0.1, -0.05) is 29.8 Å². The first kappa shape index (κ1) is 11.0. The molecule has 1 heterocycles. The second kappa shape index (κ2) is 4.55. The summed E-state index contributed by atoms with van der Waals surface area (Å²) >= 11 is 5.97. The molecule has 2 N–H and O–H groups in total. The fourth-order valence-electron chi connectivity index (χ4n) is 1.39. The minimum atomic E-state index is -0.516. The van der Waals surface area contributed by atoms with Crippen molar-refractivity contribution in [2.75, 3.05) is 0 Å². The zero-order valence-electron chi connectivity index (χ0n) is 8.32. The first-order valence-electron chi connectivity index (χ1n) is 4.68. The molecule has 5 heteroatoms. The van der Waals surface area contributed by atoms with Crippen LogP contribution in [0.5, 0.6) is 0 Å². The quantitative estimate of drug-likeness (QED) is 0.873. The Hall–Kier alpha value is -1.52. The molecule has 0 unspecified atom stereocenters. The molecule has 0 aliphatic heterocycles. The van der Waals surface area contributed by atoms with E-state index in [4.69, 9.17) is 17.3 Å². The van der Waals surface area contributed by atoms with Crippen LogP contribution >= 0.6 is 11.6 Å². The average molecular weight is 238 g/mol. The lowest BCUT2D eigenvalue weighted by Gasteiger charge is -2.06. The van der Waals surface area contributed by atoms with Crippen LogP contribution in [0.15, 0.2) is 30.6 Å². The largest absolute Gasteiger partial charge is 0.325 e. The predicted molar refractivity (Wildman–Crippen MR) is 60.3 cm³/mol. The lowest BCUT2D eigenvalue weighted by Crippen LogP contribution is -2.05. The molecule has 0 saturated carbocycles. The lowest BCUT2D eigenvalue weighted by molar-refractivity contribution is 0.596. The highest BCUT2D eigenvalue weighted by molar-refractivity contribution is 6.33. The van der Waals surface area contributed by atoms with Crippen LogP contribution in [-0.4, -0.2) is 9.97 Å². The van der Waals surface area contributed by atoms with E-state index in [1.165, 1.54) is 6.33 Å². The van der Waals surface area contributed by atoms with E-state index in [-0.39, 0.29) is 17.9 Å². The van der Waals surface area contributed by atoms with Crippen LogP contribution in [0.4, 0.5) is 4.39 Å². The molecule has 0 aliphatic rings. The first-order valence-corrected chi connectivity index (χ1v) is 5.06. The molecule has 0 spiro atoms. The zero-order chi connectivity index (χ0) is 11.5. The van der Waals surface area contributed by atoms with E-state index in [0.29, 0.717) is 10.6 Å². The summed E-state index contributed by atoms with van der Waals surface area (Å²) in [6.45, 7) is 0.0335. The van der Waals surface area contributed by atoms with E-state index in [9.17, 15) is 4.39 Å². The molecule has 0 bridgehead atoms. The minimum absolute atomic E-state index is 0.0335. The molecule has 82 valence electrons. The van der Waals surface area contributed by atoms with Crippen LogP contribution < -0.4 is 5.73 Å². The van der Waals surface area contributed by atoms with E-state index in [0.717, 1.165) is 0 Å². The normalized spacial score (nSPS) is 10.4. The number of hydrogen-bond acceptors (Lipinski definition) is 3. The number of aromatic nitrogens is 2. The van der Waals surface area contributed by atoms with Gasteiger partial charge in [-0.05, 0) is 6.07 Å². The Morgan fingerprint density at radius 2 is 2.00 bits per heavy atom. The maximum atomic E-state index is 13.9. The molecular weight excluding hydrogens is 229 g/mol. The van der Waals surface area contributed by atoms with Gasteiger partial charge < -0.3 is 5.73 Å². The van der Waals surface area contributed by atoms with E-state index in [1.54, 1.807) is 24.3 Å². The van der Waals surface area contributed by atoms with Crippen molar-refractivity contribution in [3.05, 3.63) is 47.1 Å². The Balaban J connectivity index is 2.61. The molecule has 0 fully saturated rings. The fourth-order valence-corrected chi connectivity index (χ4v) is 1.61. The summed E-state index contributed by atoms with van der Waals surface area (Å²) in [4.78, 5) is 7.65. The van der Waals surface area contributed by atoms with Crippen LogP contribution in [0.2, 0.25) is 5.02 Å². The van der Waals surface area contributed by atoms with Gasteiger partial charge in [0, 0.05) is 12.1 Å². The van der Waals surface area contributed by atoms with Crippen molar-refractivity contribution in [2.24, 2.45) is 5.73 Å². The molecule has 3 nitrogen and oxygen atoms in total. The third kappa shape index (κ3) is 1.89. The number of benzene rings is 1. The van der Waals surface area contributed by atoms with Gasteiger partial charge in [-0.2, -0.15) is 0 Å². The zero-order valence-corrected chi connectivity index (χ0v) is 9.08. The van der Waals surface area contributed by atoms with E-state index >= 15 is 0 Å². The first-order chi connectivity index (χ1) is 7.74. The molecule has 2 rings (SSSR count). The van der Waals surface area contributed by atoms with Crippen molar-refractivity contribution in [1.82, 2.24) is 9.97 Å². The van der Waals surface area contributed by atoms with Gasteiger partial charge in [0.1, 0.15) is 12.0 Å². The number of halogens is 2. The summed E-state index contributed by atoms with van der Waals surface area (Å²) in [6.07, 6.45) is 1.28. The van der Waals surface area contributed by atoms with Gasteiger partial charge in [-0.25, -0.2) is 14.4 Å². The minimum Gasteiger partial charge on any atom is -0.325 e. The molecule has 2 aromatic rings. The molecule has 1 aromatic carbocycles. The number of nitrogens with two attached hydrogens (primary N) is 1. The van der Waals surface area contributed by atoms with E-state index in [2.05, 4.69) is 9.97 Å². The van der Waals surface area contributed by atoms with Crippen molar-refractivity contribution in [3.63, 3.8) is 0 Å². The van der Waals surface area contributed by atoms with E-state index in [1.807, 2.05) is 0 Å². The number of nitrogens with zero attached hydrogens (tertiary/aromatic N) is 2. The third-order valence-electron chi connectivity index (χ3n) is 2.18. The highest BCUT2D eigenvalue weighted by atomic mass is 35.5. The Morgan fingerprint density at radius 1 is 1.25 bits per heavy atom. The van der Waals surface area contributed by atoms with Crippen LogP contribution in [0.3, 0.4) is 0 Å². The third-order valence-corrected chi connectivity index (χ3v) is 2.51. The molecule has 1 aromatic heterocycles. The molecule has 0 saturated heterocycles. The topological polar surface area (TPSA) is 51.8 Å². The van der Waals surface area contributed by atoms with Crippen molar-refractivity contribution >= 4 is 11.6 Å². The second-order valence-corrected chi connectivity index (χ2v) is 3.57. The number of rotatable bonds is 2. The van der Waals surface area contributed by atoms with Crippen molar-refractivity contribution < 1.29 is 4.39 Å². The molecule has 0 radical (unpaired) electrons. The van der Waals surface area contributed by atoms with Gasteiger partial charge in [-0.15, -0.1) is 0 Å². The molecule has 0 amide bonds. The summed E-state index contributed by atoms with van der Waals surface area (Å²) in [5.41, 5.74) is 6.28. The highest BCUT2D eigenvalue weighted by Crippen LogP contribution is 2.28. The predicted octanol–water partition coefficient (Wildman–Crippen LogP) is 2.39. The van der Waals surface area contributed by atoms with Crippen molar-refractivity contribution in [3.8, 4) is 11.3 Å². The van der Waals surface area contributed by atoms with E-state index < -0.39 is 5.82 Å². The van der Waals surface area contributed by atoms with Gasteiger partial charge in [0.2, 0.25) is 0 Å². The summed E-state index contributed by atoms with van der Waals surface area (Å²) in [7, 11) is 0. The van der Waals surface area contributed by atoms with Gasteiger partial charge in [0.05, 0.1) is 10.7 Å².